The molecule has 1 aromatic rings. The second-order valence-corrected chi connectivity index (χ2v) is 7.94. The van der Waals surface area contributed by atoms with E-state index in [1.54, 1.807) is 0 Å². The molecule has 0 bridgehead atoms. The molecule has 0 spiro atoms. The molecule has 2 unspecified atom stereocenters. The Bertz CT molecular complexity index is 633. The lowest BCUT2D eigenvalue weighted by molar-refractivity contribution is -0.125. The van der Waals surface area contributed by atoms with Gasteiger partial charge in [-0.3, -0.25) is 9.59 Å². The van der Waals surface area contributed by atoms with Crippen molar-refractivity contribution < 1.29 is 14.3 Å². The van der Waals surface area contributed by atoms with E-state index in [0.29, 0.717) is 18.4 Å². The Hall–Kier alpha value is -1.92. The van der Waals surface area contributed by atoms with Gasteiger partial charge in [0.2, 0.25) is 11.8 Å². The van der Waals surface area contributed by atoms with Gasteiger partial charge in [0.1, 0.15) is 0 Å². The maximum Gasteiger partial charge on any atom is 0.243 e. The molecular weight excluding hydrogens is 342 g/mol. The summed E-state index contributed by atoms with van der Waals surface area (Å²) < 4.78 is 6.04. The monoisotopic (exact) mass is 375 g/mol. The third-order valence-corrected chi connectivity index (χ3v) is 5.03. The zero-order chi connectivity index (χ0) is 19.8. The molecule has 1 aliphatic rings. The average molecular weight is 376 g/mol. The standard InChI is InChI=1S/C21H33N3O3/c1-14(2)20(22)21(26)23-12-19(25)24-17-8-5-7-16(11-17)13-27-18-9-4-6-15(3)10-18/h5,7-8,11,14-15,18,20H,4,6,9-10,12-13,22H2,1-3H3,(H,23,26)(H,24,25)/t15?,18?,20-/m0/s1. The van der Waals surface area contributed by atoms with Gasteiger partial charge in [-0.15, -0.1) is 0 Å². The quantitative estimate of drug-likeness (QED) is 0.651. The summed E-state index contributed by atoms with van der Waals surface area (Å²) in [6.45, 7) is 6.46. The van der Waals surface area contributed by atoms with Crippen LogP contribution in [0.2, 0.25) is 0 Å². The largest absolute Gasteiger partial charge is 0.374 e. The van der Waals surface area contributed by atoms with Gasteiger partial charge in [-0.2, -0.15) is 0 Å². The Balaban J connectivity index is 1.79. The Morgan fingerprint density at radius 3 is 2.78 bits per heavy atom. The van der Waals surface area contributed by atoms with Gasteiger partial charge >= 0.3 is 0 Å². The summed E-state index contributed by atoms with van der Waals surface area (Å²) in [6.07, 6.45) is 5.09. The highest BCUT2D eigenvalue weighted by Crippen LogP contribution is 2.26. The number of ether oxygens (including phenoxy) is 1. The first-order valence-corrected chi connectivity index (χ1v) is 9.89. The van der Waals surface area contributed by atoms with Crippen LogP contribution in [-0.4, -0.2) is 30.5 Å². The van der Waals surface area contributed by atoms with Crippen molar-refractivity contribution in [2.75, 3.05) is 11.9 Å². The van der Waals surface area contributed by atoms with Crippen LogP contribution >= 0.6 is 0 Å². The number of hydrogen-bond acceptors (Lipinski definition) is 4. The molecule has 3 atom stereocenters. The zero-order valence-electron chi connectivity index (χ0n) is 16.7. The molecule has 150 valence electrons. The van der Waals surface area contributed by atoms with Gasteiger partial charge in [-0.05, 0) is 42.4 Å². The van der Waals surface area contributed by atoms with Crippen molar-refractivity contribution in [3.8, 4) is 0 Å². The van der Waals surface area contributed by atoms with Crippen molar-refractivity contribution in [3.05, 3.63) is 29.8 Å². The van der Waals surface area contributed by atoms with Gasteiger partial charge in [-0.1, -0.05) is 45.7 Å². The molecule has 2 amide bonds. The second-order valence-electron chi connectivity index (χ2n) is 7.94. The van der Waals surface area contributed by atoms with E-state index in [-0.39, 0.29) is 24.3 Å². The first-order chi connectivity index (χ1) is 12.8. The molecule has 0 saturated heterocycles. The van der Waals surface area contributed by atoms with E-state index in [0.717, 1.165) is 24.3 Å². The van der Waals surface area contributed by atoms with Crippen LogP contribution in [0.3, 0.4) is 0 Å². The number of anilines is 1. The molecule has 4 N–H and O–H groups in total. The first-order valence-electron chi connectivity index (χ1n) is 9.89. The number of benzene rings is 1. The molecule has 27 heavy (non-hydrogen) atoms. The highest BCUT2D eigenvalue weighted by Gasteiger charge is 2.19. The predicted molar refractivity (Wildman–Crippen MR) is 107 cm³/mol. The molecule has 1 aliphatic carbocycles. The van der Waals surface area contributed by atoms with Crippen LogP contribution in [0.15, 0.2) is 24.3 Å². The summed E-state index contributed by atoms with van der Waals surface area (Å²) in [7, 11) is 0. The fourth-order valence-electron chi connectivity index (χ4n) is 3.28. The molecule has 0 heterocycles. The fourth-order valence-corrected chi connectivity index (χ4v) is 3.28. The van der Waals surface area contributed by atoms with E-state index in [2.05, 4.69) is 17.6 Å². The van der Waals surface area contributed by atoms with Crippen molar-refractivity contribution in [2.45, 2.75) is 65.2 Å². The number of nitrogens with one attached hydrogen (secondary N) is 2. The van der Waals surface area contributed by atoms with Crippen LogP contribution in [0.1, 0.15) is 52.0 Å². The lowest BCUT2D eigenvalue weighted by Gasteiger charge is -2.26. The molecule has 0 radical (unpaired) electrons. The summed E-state index contributed by atoms with van der Waals surface area (Å²) >= 11 is 0. The minimum Gasteiger partial charge on any atom is -0.374 e. The Morgan fingerprint density at radius 1 is 1.30 bits per heavy atom. The maximum absolute atomic E-state index is 12.1. The van der Waals surface area contributed by atoms with Crippen molar-refractivity contribution in [2.24, 2.45) is 17.6 Å². The predicted octanol–water partition coefficient (Wildman–Crippen LogP) is 2.82. The van der Waals surface area contributed by atoms with Crippen LogP contribution < -0.4 is 16.4 Å². The van der Waals surface area contributed by atoms with Gasteiger partial charge in [0.15, 0.2) is 0 Å². The van der Waals surface area contributed by atoms with E-state index in [4.69, 9.17) is 10.5 Å². The first kappa shape index (κ1) is 21.4. The van der Waals surface area contributed by atoms with Gasteiger partial charge in [0, 0.05) is 5.69 Å². The highest BCUT2D eigenvalue weighted by molar-refractivity contribution is 5.95. The highest BCUT2D eigenvalue weighted by atomic mass is 16.5. The Labute approximate surface area is 162 Å². The molecular formula is C21H33N3O3. The third kappa shape index (κ3) is 7.31. The maximum atomic E-state index is 12.1. The fraction of sp³-hybridized carbons (Fsp3) is 0.619. The van der Waals surface area contributed by atoms with Crippen LogP contribution in [0.25, 0.3) is 0 Å². The van der Waals surface area contributed by atoms with Crippen molar-refractivity contribution in [1.82, 2.24) is 5.32 Å². The van der Waals surface area contributed by atoms with Gasteiger partial charge in [0.25, 0.3) is 0 Å². The SMILES string of the molecule is CC1CCCC(OCc2cccc(NC(=O)CNC(=O)[C@@H](N)C(C)C)c2)C1. The number of carbonyl (C=O) groups is 2. The van der Waals surface area contributed by atoms with Crippen molar-refractivity contribution in [1.29, 1.82) is 0 Å². The normalized spacial score (nSPS) is 20.9. The molecule has 1 aromatic carbocycles. The van der Waals surface area contributed by atoms with E-state index >= 15 is 0 Å². The van der Waals surface area contributed by atoms with Crippen LogP contribution in [0, 0.1) is 11.8 Å². The van der Waals surface area contributed by atoms with Crippen LogP contribution in [0.5, 0.6) is 0 Å². The zero-order valence-corrected chi connectivity index (χ0v) is 16.7. The summed E-state index contributed by atoms with van der Waals surface area (Å²) in [6, 6.07) is 7.01. The molecule has 0 aliphatic heterocycles. The van der Waals surface area contributed by atoms with E-state index < -0.39 is 6.04 Å². The molecule has 2 rings (SSSR count). The number of nitrogens with two attached hydrogens (primary N) is 1. The smallest absolute Gasteiger partial charge is 0.243 e. The van der Waals surface area contributed by atoms with Crippen LogP contribution in [0.4, 0.5) is 5.69 Å². The Morgan fingerprint density at radius 2 is 2.07 bits per heavy atom. The molecule has 6 heteroatoms. The number of carbonyl (C=O) groups excluding carboxylic acids is 2. The lowest BCUT2D eigenvalue weighted by Crippen LogP contribution is -2.46. The second kappa shape index (κ2) is 10.4. The number of amides is 2. The average Bonchev–Trinajstić information content (AvgIpc) is 2.64. The van der Waals surface area contributed by atoms with E-state index in [1.165, 1.54) is 12.8 Å². The number of hydrogen-bond donors (Lipinski definition) is 3. The van der Waals surface area contributed by atoms with Gasteiger partial charge in [-0.25, -0.2) is 0 Å². The van der Waals surface area contributed by atoms with Crippen molar-refractivity contribution >= 4 is 17.5 Å². The Kier molecular flexibility index (Phi) is 8.25. The summed E-state index contributed by atoms with van der Waals surface area (Å²) in [5.41, 5.74) is 7.48. The van der Waals surface area contributed by atoms with Gasteiger partial charge in [0.05, 0.1) is 25.3 Å². The van der Waals surface area contributed by atoms with E-state index in [9.17, 15) is 9.59 Å². The molecule has 6 nitrogen and oxygen atoms in total. The van der Waals surface area contributed by atoms with E-state index in [1.807, 2.05) is 38.1 Å². The summed E-state index contributed by atoms with van der Waals surface area (Å²) in [5.74, 6) is 0.160. The summed E-state index contributed by atoms with van der Waals surface area (Å²) in [4.78, 5) is 23.9. The minimum absolute atomic E-state index is 0.0249. The molecule has 1 saturated carbocycles. The molecule has 0 aromatic heterocycles. The number of rotatable bonds is 8. The van der Waals surface area contributed by atoms with Gasteiger partial charge < -0.3 is 21.1 Å². The third-order valence-electron chi connectivity index (χ3n) is 5.03. The minimum atomic E-state index is -0.610. The molecule has 1 fully saturated rings. The topological polar surface area (TPSA) is 93.5 Å². The summed E-state index contributed by atoms with van der Waals surface area (Å²) in [5, 5.41) is 5.37. The lowest BCUT2D eigenvalue weighted by atomic mass is 9.89. The van der Waals surface area contributed by atoms with Crippen molar-refractivity contribution in [3.63, 3.8) is 0 Å². The van der Waals surface area contributed by atoms with Crippen LogP contribution in [-0.2, 0) is 20.9 Å².